The number of amides is 1. The number of carbonyl (C=O) groups is 1. The molecule has 4 heteroatoms. The second kappa shape index (κ2) is 4.14. The molecule has 1 aliphatic rings. The molecule has 1 heterocycles. The predicted octanol–water partition coefficient (Wildman–Crippen LogP) is 2.23. The predicted molar refractivity (Wildman–Crippen MR) is 65.5 cm³/mol. The molecule has 1 aliphatic heterocycles. The van der Waals surface area contributed by atoms with Crippen LogP contribution in [0.5, 0.6) is 0 Å². The lowest BCUT2D eigenvalue weighted by atomic mass is 9.99. The second-order valence-electron chi connectivity index (χ2n) is 4.16. The second-order valence-corrected chi connectivity index (χ2v) is 4.16. The van der Waals surface area contributed by atoms with E-state index in [0.717, 1.165) is 21.4 Å². The fourth-order valence-corrected chi connectivity index (χ4v) is 2.11. The van der Waals surface area contributed by atoms with Crippen molar-refractivity contribution in [3.05, 3.63) is 48.0 Å². The van der Waals surface area contributed by atoms with Crippen molar-refractivity contribution in [2.24, 2.45) is 0 Å². The molecule has 2 aromatic rings. The smallest absolute Gasteiger partial charge is 0.313 e. The Kier molecular flexibility index (Phi) is 2.48. The number of benzene rings is 2. The molecule has 0 aliphatic carbocycles. The number of hydroxylamine groups is 2. The molecule has 0 saturated carbocycles. The van der Waals surface area contributed by atoms with Crippen LogP contribution in [0.2, 0.25) is 0 Å². The van der Waals surface area contributed by atoms with E-state index < -0.39 is 12.1 Å². The summed E-state index contributed by atoms with van der Waals surface area (Å²) in [4.78, 5) is 26.3. The Balaban J connectivity index is 1.94. The first-order chi connectivity index (χ1) is 8.79. The van der Waals surface area contributed by atoms with E-state index in [1.807, 2.05) is 48.8 Å². The van der Waals surface area contributed by atoms with Crippen molar-refractivity contribution in [3.63, 3.8) is 0 Å². The van der Waals surface area contributed by atoms with Crippen molar-refractivity contribution >= 4 is 23.2 Å². The minimum atomic E-state index is -0.664. The first-order valence-corrected chi connectivity index (χ1v) is 5.65. The molecule has 1 fully saturated rings. The van der Waals surface area contributed by atoms with Gasteiger partial charge in [0.1, 0.15) is 6.04 Å². The van der Waals surface area contributed by atoms with Crippen molar-refractivity contribution in [1.82, 2.24) is 5.06 Å². The molecule has 1 amide bonds. The molecular formula is C14H10NO3. The molecule has 1 saturated heterocycles. The van der Waals surface area contributed by atoms with Gasteiger partial charge >= 0.3 is 6.09 Å². The summed E-state index contributed by atoms with van der Waals surface area (Å²) in [6.07, 6.45) is 1.78. The molecule has 1 radical (unpaired) electrons. The summed E-state index contributed by atoms with van der Waals surface area (Å²) in [5, 5.41) is 3.24. The monoisotopic (exact) mass is 240 g/mol. The Bertz CT molecular complexity index is 618. The fraction of sp³-hybridized carbons (Fsp3) is 0.143. The van der Waals surface area contributed by atoms with Gasteiger partial charge in [-0.25, -0.2) is 4.79 Å². The van der Waals surface area contributed by atoms with Crippen LogP contribution < -0.4 is 0 Å². The molecular weight excluding hydrogens is 230 g/mol. The summed E-state index contributed by atoms with van der Waals surface area (Å²) in [7, 11) is 0. The van der Waals surface area contributed by atoms with Crippen LogP contribution in [-0.4, -0.2) is 23.5 Å². The van der Waals surface area contributed by atoms with E-state index in [2.05, 4.69) is 4.84 Å². The lowest BCUT2D eigenvalue weighted by Gasteiger charge is -2.09. The Hall–Kier alpha value is -2.36. The Labute approximate surface area is 104 Å². The van der Waals surface area contributed by atoms with Crippen LogP contribution in [0.15, 0.2) is 42.5 Å². The number of rotatable bonds is 4. The minimum Gasteiger partial charge on any atom is -0.313 e. The third kappa shape index (κ3) is 1.82. The number of hydrogen-bond donors (Lipinski definition) is 0. The molecule has 3 rings (SSSR count). The van der Waals surface area contributed by atoms with E-state index in [-0.39, 0.29) is 0 Å². The number of fused-ring (bicyclic) bond motifs is 1. The highest BCUT2D eigenvalue weighted by Gasteiger charge is 2.42. The first kappa shape index (κ1) is 10.8. The molecule has 0 bridgehead atoms. The van der Waals surface area contributed by atoms with Crippen LogP contribution in [0.4, 0.5) is 4.79 Å². The lowest BCUT2D eigenvalue weighted by molar-refractivity contribution is 0.175. The van der Waals surface area contributed by atoms with Gasteiger partial charge in [0.25, 0.3) is 0 Å². The average Bonchev–Trinajstić information content (AvgIpc) is 3.13. The summed E-state index contributed by atoms with van der Waals surface area (Å²) in [5.74, 6) is 0. The Morgan fingerprint density at radius 1 is 1.17 bits per heavy atom. The topological polar surface area (TPSA) is 49.7 Å². The number of hydrogen-bond acceptors (Lipinski definition) is 3. The van der Waals surface area contributed by atoms with Gasteiger partial charge in [0.05, 0.1) is 0 Å². The summed E-state index contributed by atoms with van der Waals surface area (Å²) >= 11 is 0. The largest absolute Gasteiger partial charge is 0.468 e. The molecule has 89 valence electrons. The molecule has 0 aromatic heterocycles. The van der Waals surface area contributed by atoms with Crippen LogP contribution >= 0.6 is 0 Å². The lowest BCUT2D eigenvalue weighted by Crippen LogP contribution is -2.23. The highest BCUT2D eigenvalue weighted by molar-refractivity contribution is 5.87. The van der Waals surface area contributed by atoms with Crippen LogP contribution in [-0.2, 0) is 16.1 Å². The van der Waals surface area contributed by atoms with E-state index in [1.165, 1.54) is 0 Å². The Morgan fingerprint density at radius 3 is 2.61 bits per heavy atom. The summed E-state index contributed by atoms with van der Waals surface area (Å²) in [6, 6.07) is 13.2. The normalized spacial score (nSPS) is 15.3. The average molecular weight is 240 g/mol. The zero-order valence-corrected chi connectivity index (χ0v) is 9.50. The molecule has 1 atom stereocenters. The number of nitrogens with zero attached hydrogens (tertiary/aromatic N) is 1. The van der Waals surface area contributed by atoms with Crippen LogP contribution in [0, 0.1) is 0 Å². The van der Waals surface area contributed by atoms with Gasteiger partial charge in [-0.05, 0) is 16.3 Å². The zero-order valence-electron chi connectivity index (χ0n) is 9.50. The van der Waals surface area contributed by atoms with Crippen molar-refractivity contribution in [1.29, 1.82) is 0 Å². The maximum absolute atomic E-state index is 10.9. The van der Waals surface area contributed by atoms with Gasteiger partial charge in [-0.15, -0.1) is 5.06 Å². The molecule has 0 unspecified atom stereocenters. The highest BCUT2D eigenvalue weighted by atomic mass is 16.9. The van der Waals surface area contributed by atoms with Gasteiger partial charge in [-0.2, -0.15) is 0 Å². The van der Waals surface area contributed by atoms with E-state index in [9.17, 15) is 9.59 Å². The Morgan fingerprint density at radius 2 is 1.89 bits per heavy atom. The third-order valence-corrected chi connectivity index (χ3v) is 3.04. The molecule has 0 spiro atoms. The van der Waals surface area contributed by atoms with Crippen molar-refractivity contribution in [2.75, 3.05) is 0 Å². The minimum absolute atomic E-state index is 0.413. The van der Waals surface area contributed by atoms with Crippen molar-refractivity contribution < 1.29 is 14.4 Å². The van der Waals surface area contributed by atoms with Crippen molar-refractivity contribution in [3.8, 4) is 0 Å². The maximum Gasteiger partial charge on any atom is 0.468 e. The fourth-order valence-electron chi connectivity index (χ4n) is 2.11. The summed E-state index contributed by atoms with van der Waals surface area (Å²) in [6.45, 7) is 0. The van der Waals surface area contributed by atoms with E-state index >= 15 is 0 Å². The quantitative estimate of drug-likeness (QED) is 0.770. The molecule has 4 nitrogen and oxygen atoms in total. The van der Waals surface area contributed by atoms with Crippen LogP contribution in [0.3, 0.4) is 0 Å². The summed E-state index contributed by atoms with van der Waals surface area (Å²) in [5.41, 5.74) is 1.00. The van der Waals surface area contributed by atoms with E-state index in [1.54, 1.807) is 0 Å². The highest BCUT2D eigenvalue weighted by Crippen LogP contribution is 2.24. The van der Waals surface area contributed by atoms with Crippen LogP contribution in [0.25, 0.3) is 10.8 Å². The van der Waals surface area contributed by atoms with Gasteiger partial charge in [0.15, 0.2) is 0 Å². The van der Waals surface area contributed by atoms with Gasteiger partial charge < -0.3 is 4.84 Å². The van der Waals surface area contributed by atoms with E-state index in [0.29, 0.717) is 6.42 Å². The standard InChI is InChI=1S/C14H10NO3/c16-9-12(15-14(17)18-15)8-11-6-3-5-10-4-1-2-7-13(10)11/h1-7,12H,8H2/t12-,15?/m0/s1. The van der Waals surface area contributed by atoms with Gasteiger partial charge in [-0.3, -0.25) is 4.79 Å². The SMILES string of the molecule is O=[C][C@H](Cc1cccc2ccccc12)N1OC1=O. The third-order valence-electron chi connectivity index (χ3n) is 3.04. The molecule has 0 N–H and O–H groups in total. The summed E-state index contributed by atoms with van der Waals surface area (Å²) < 4.78 is 0. The van der Waals surface area contributed by atoms with Crippen molar-refractivity contribution in [2.45, 2.75) is 12.5 Å². The number of carbonyl (C=O) groups excluding carboxylic acids is 2. The zero-order chi connectivity index (χ0) is 12.5. The molecule has 2 aromatic carbocycles. The van der Waals surface area contributed by atoms with Gasteiger partial charge in [-0.1, -0.05) is 42.5 Å². The molecule has 18 heavy (non-hydrogen) atoms. The van der Waals surface area contributed by atoms with Crippen LogP contribution in [0.1, 0.15) is 5.56 Å². The first-order valence-electron chi connectivity index (χ1n) is 5.65. The maximum atomic E-state index is 10.9. The van der Waals surface area contributed by atoms with Gasteiger partial charge in [0, 0.05) is 6.42 Å². The van der Waals surface area contributed by atoms with Gasteiger partial charge in [0.2, 0.25) is 6.29 Å². The van der Waals surface area contributed by atoms with E-state index in [4.69, 9.17) is 0 Å².